The number of rotatable bonds is 9. The van der Waals surface area contributed by atoms with Gasteiger partial charge in [-0.3, -0.25) is 4.79 Å². The van der Waals surface area contributed by atoms with E-state index in [2.05, 4.69) is 29.4 Å². The Bertz CT molecular complexity index is 1070. The van der Waals surface area contributed by atoms with Gasteiger partial charge < -0.3 is 14.6 Å². The highest BCUT2D eigenvalue weighted by molar-refractivity contribution is 7.99. The number of amides is 1. The minimum atomic E-state index is -0.785. The lowest BCUT2D eigenvalue weighted by atomic mass is 10.0. The van der Waals surface area contributed by atoms with Crippen molar-refractivity contribution in [2.45, 2.75) is 51.4 Å². The van der Waals surface area contributed by atoms with Gasteiger partial charge in [0.2, 0.25) is 5.91 Å². The summed E-state index contributed by atoms with van der Waals surface area (Å²) in [5.74, 6) is -0.608. The van der Waals surface area contributed by atoms with E-state index in [9.17, 15) is 13.6 Å². The number of thioether (sulfide) groups is 1. The summed E-state index contributed by atoms with van der Waals surface area (Å²) in [5, 5.41) is 11.7. The molecule has 0 aliphatic heterocycles. The standard InChI is InChI=1S/C23H26F2N4O2S/c1-5-29-22(15(4)31-20-11-8-17(24)12-19(20)25)27-28-23(29)32-13-21(30)26-18-9-6-16(7-10-18)14(2)3/h6-12,14-15H,5,13H2,1-4H3,(H,26,30). The number of anilines is 1. The number of ether oxygens (including phenoxy) is 1. The molecular formula is C23H26F2N4O2S. The molecule has 3 rings (SSSR count). The summed E-state index contributed by atoms with van der Waals surface area (Å²) >= 11 is 1.25. The molecule has 170 valence electrons. The average Bonchev–Trinajstić information content (AvgIpc) is 3.17. The summed E-state index contributed by atoms with van der Waals surface area (Å²) in [4.78, 5) is 12.4. The van der Waals surface area contributed by atoms with E-state index in [4.69, 9.17) is 4.74 Å². The first-order valence-corrected chi connectivity index (χ1v) is 11.3. The Morgan fingerprint density at radius 3 is 2.47 bits per heavy atom. The first-order chi connectivity index (χ1) is 15.3. The molecule has 9 heteroatoms. The third kappa shape index (κ3) is 5.85. The van der Waals surface area contributed by atoms with Gasteiger partial charge in [0.05, 0.1) is 5.75 Å². The predicted molar refractivity (Wildman–Crippen MR) is 121 cm³/mol. The smallest absolute Gasteiger partial charge is 0.234 e. The summed E-state index contributed by atoms with van der Waals surface area (Å²) in [6.07, 6.45) is -0.620. The molecular weight excluding hydrogens is 434 g/mol. The quantitative estimate of drug-likeness (QED) is 0.423. The van der Waals surface area contributed by atoms with Crippen LogP contribution in [-0.2, 0) is 11.3 Å². The number of carbonyl (C=O) groups excluding carboxylic acids is 1. The summed E-state index contributed by atoms with van der Waals surface area (Å²) in [6.45, 7) is 8.40. The molecule has 0 aliphatic rings. The first kappa shape index (κ1) is 23.7. The maximum absolute atomic E-state index is 13.9. The normalized spacial score (nSPS) is 12.1. The molecule has 1 heterocycles. The lowest BCUT2D eigenvalue weighted by molar-refractivity contribution is -0.113. The van der Waals surface area contributed by atoms with Gasteiger partial charge in [-0.15, -0.1) is 10.2 Å². The molecule has 1 unspecified atom stereocenters. The van der Waals surface area contributed by atoms with Gasteiger partial charge >= 0.3 is 0 Å². The minimum absolute atomic E-state index is 0.0679. The molecule has 1 aromatic heterocycles. The SMILES string of the molecule is CCn1c(SCC(=O)Nc2ccc(C(C)C)cc2)nnc1C(C)Oc1ccc(F)cc1F. The second kappa shape index (κ2) is 10.6. The van der Waals surface area contributed by atoms with E-state index < -0.39 is 17.7 Å². The van der Waals surface area contributed by atoms with Gasteiger partial charge in [-0.1, -0.05) is 37.7 Å². The van der Waals surface area contributed by atoms with Gasteiger partial charge in [0.25, 0.3) is 0 Å². The second-order valence-electron chi connectivity index (χ2n) is 7.53. The Labute approximate surface area is 190 Å². The fourth-order valence-electron chi connectivity index (χ4n) is 3.10. The maximum atomic E-state index is 13.9. The van der Waals surface area contributed by atoms with Crippen molar-refractivity contribution in [1.82, 2.24) is 14.8 Å². The van der Waals surface area contributed by atoms with E-state index in [1.54, 1.807) is 6.92 Å². The van der Waals surface area contributed by atoms with E-state index >= 15 is 0 Å². The zero-order valence-corrected chi connectivity index (χ0v) is 19.2. The molecule has 0 fully saturated rings. The van der Waals surface area contributed by atoms with E-state index in [1.165, 1.54) is 23.4 Å². The van der Waals surface area contributed by atoms with Gasteiger partial charge in [-0.25, -0.2) is 8.78 Å². The zero-order chi connectivity index (χ0) is 23.3. The number of carbonyl (C=O) groups is 1. The lowest BCUT2D eigenvalue weighted by Crippen LogP contribution is -2.15. The van der Waals surface area contributed by atoms with Crippen LogP contribution in [0.5, 0.6) is 5.75 Å². The summed E-state index contributed by atoms with van der Waals surface area (Å²) < 4.78 is 34.4. The Morgan fingerprint density at radius 1 is 1.12 bits per heavy atom. The highest BCUT2D eigenvalue weighted by Gasteiger charge is 2.20. The van der Waals surface area contributed by atoms with Crippen LogP contribution in [0.1, 0.15) is 51.1 Å². The van der Waals surface area contributed by atoms with E-state index in [1.807, 2.05) is 35.8 Å². The molecule has 0 aliphatic carbocycles. The zero-order valence-electron chi connectivity index (χ0n) is 18.4. The van der Waals surface area contributed by atoms with Crippen molar-refractivity contribution in [3.63, 3.8) is 0 Å². The minimum Gasteiger partial charge on any atom is -0.480 e. The van der Waals surface area contributed by atoms with Crippen molar-refractivity contribution in [2.75, 3.05) is 11.1 Å². The summed E-state index contributed by atoms with van der Waals surface area (Å²) in [5.41, 5.74) is 1.94. The fourth-order valence-corrected chi connectivity index (χ4v) is 3.91. The molecule has 0 radical (unpaired) electrons. The number of nitrogens with zero attached hydrogens (tertiary/aromatic N) is 3. The van der Waals surface area contributed by atoms with Crippen LogP contribution >= 0.6 is 11.8 Å². The molecule has 0 saturated carbocycles. The van der Waals surface area contributed by atoms with Crippen LogP contribution in [0.4, 0.5) is 14.5 Å². The third-order valence-corrected chi connectivity index (χ3v) is 5.78. The number of halogens is 2. The topological polar surface area (TPSA) is 69.0 Å². The highest BCUT2D eigenvalue weighted by Crippen LogP contribution is 2.27. The molecule has 0 spiro atoms. The highest BCUT2D eigenvalue weighted by atomic mass is 32.2. The lowest BCUT2D eigenvalue weighted by Gasteiger charge is -2.16. The average molecular weight is 461 g/mol. The number of nitrogens with one attached hydrogen (secondary N) is 1. The number of benzene rings is 2. The van der Waals surface area contributed by atoms with Crippen molar-refractivity contribution in [3.05, 3.63) is 65.5 Å². The van der Waals surface area contributed by atoms with E-state index in [0.717, 1.165) is 17.8 Å². The maximum Gasteiger partial charge on any atom is 0.234 e. The summed E-state index contributed by atoms with van der Waals surface area (Å²) in [6, 6.07) is 10.9. The monoisotopic (exact) mass is 460 g/mol. The largest absolute Gasteiger partial charge is 0.480 e. The molecule has 0 bridgehead atoms. The molecule has 2 aromatic carbocycles. The number of hydrogen-bond donors (Lipinski definition) is 1. The van der Waals surface area contributed by atoms with Crippen molar-refractivity contribution < 1.29 is 18.3 Å². The Kier molecular flexibility index (Phi) is 7.84. The Balaban J connectivity index is 1.62. The van der Waals surface area contributed by atoms with Crippen LogP contribution in [0.15, 0.2) is 47.6 Å². The number of hydrogen-bond acceptors (Lipinski definition) is 5. The fraction of sp³-hybridized carbons (Fsp3) is 0.348. The Morgan fingerprint density at radius 2 is 1.84 bits per heavy atom. The predicted octanol–water partition coefficient (Wildman–Crippen LogP) is 5.57. The molecule has 1 amide bonds. The molecule has 1 N–H and O–H groups in total. The van der Waals surface area contributed by atoms with Gasteiger partial charge in [0.1, 0.15) is 5.82 Å². The summed E-state index contributed by atoms with van der Waals surface area (Å²) in [7, 11) is 0. The van der Waals surface area contributed by atoms with E-state index in [-0.39, 0.29) is 17.4 Å². The Hall–Kier alpha value is -2.94. The molecule has 0 saturated heterocycles. The van der Waals surface area contributed by atoms with Crippen molar-refractivity contribution >= 4 is 23.4 Å². The molecule has 1 atom stereocenters. The van der Waals surface area contributed by atoms with Crippen molar-refractivity contribution in [2.24, 2.45) is 0 Å². The second-order valence-corrected chi connectivity index (χ2v) is 8.48. The molecule has 32 heavy (non-hydrogen) atoms. The van der Waals surface area contributed by atoms with Gasteiger partial charge in [0, 0.05) is 18.3 Å². The number of aromatic nitrogens is 3. The van der Waals surface area contributed by atoms with Crippen LogP contribution < -0.4 is 10.1 Å². The van der Waals surface area contributed by atoms with Crippen LogP contribution in [0.3, 0.4) is 0 Å². The van der Waals surface area contributed by atoms with Crippen LogP contribution in [0.2, 0.25) is 0 Å². The van der Waals surface area contributed by atoms with Crippen LogP contribution in [-0.4, -0.2) is 26.4 Å². The first-order valence-electron chi connectivity index (χ1n) is 10.4. The van der Waals surface area contributed by atoms with Gasteiger partial charge in [-0.2, -0.15) is 0 Å². The van der Waals surface area contributed by atoms with Crippen molar-refractivity contribution in [1.29, 1.82) is 0 Å². The van der Waals surface area contributed by atoms with Gasteiger partial charge in [-0.05, 0) is 49.6 Å². The van der Waals surface area contributed by atoms with E-state index in [0.29, 0.717) is 23.4 Å². The van der Waals surface area contributed by atoms with Crippen LogP contribution in [0, 0.1) is 11.6 Å². The third-order valence-electron chi connectivity index (χ3n) is 4.82. The molecule has 6 nitrogen and oxygen atoms in total. The van der Waals surface area contributed by atoms with Gasteiger partial charge in [0.15, 0.2) is 28.7 Å². The van der Waals surface area contributed by atoms with Crippen LogP contribution in [0.25, 0.3) is 0 Å². The van der Waals surface area contributed by atoms with Crippen molar-refractivity contribution in [3.8, 4) is 5.75 Å². The molecule has 3 aromatic rings.